The molecule has 2 aromatic rings. The van der Waals surface area contributed by atoms with Crippen molar-refractivity contribution in [1.29, 1.82) is 0 Å². The molecule has 1 aliphatic heterocycles. The SMILES string of the molecule is O=C(Nc1ccccc1F)C1CCCN(C(=O)c2ccccc2Cl)C1. The Hall–Kier alpha value is -2.40. The second-order valence-electron chi connectivity index (χ2n) is 6.04. The van der Waals surface area contributed by atoms with Gasteiger partial charge in [-0.15, -0.1) is 0 Å². The van der Waals surface area contributed by atoms with Gasteiger partial charge in [0.05, 0.1) is 22.2 Å². The molecule has 1 heterocycles. The summed E-state index contributed by atoms with van der Waals surface area (Å²) in [7, 11) is 0. The largest absolute Gasteiger partial charge is 0.338 e. The van der Waals surface area contributed by atoms with Crippen molar-refractivity contribution in [3.05, 3.63) is 64.9 Å². The number of nitrogens with zero attached hydrogens (tertiary/aromatic N) is 1. The van der Waals surface area contributed by atoms with Gasteiger partial charge in [-0.2, -0.15) is 0 Å². The van der Waals surface area contributed by atoms with Crippen molar-refractivity contribution in [2.75, 3.05) is 18.4 Å². The van der Waals surface area contributed by atoms with Crippen LogP contribution in [0.25, 0.3) is 0 Å². The number of hydrogen-bond acceptors (Lipinski definition) is 2. The molecule has 3 rings (SSSR count). The first kappa shape index (κ1) is 17.4. The summed E-state index contributed by atoms with van der Waals surface area (Å²) >= 11 is 6.09. The fourth-order valence-electron chi connectivity index (χ4n) is 2.98. The number of halogens is 2. The Kier molecular flexibility index (Phi) is 5.34. The number of anilines is 1. The number of piperidine rings is 1. The standard InChI is InChI=1S/C19H18ClFN2O2/c20-15-8-2-1-7-14(15)19(25)23-11-5-6-13(12-23)18(24)22-17-10-4-3-9-16(17)21/h1-4,7-10,13H,5-6,11-12H2,(H,22,24). The summed E-state index contributed by atoms with van der Waals surface area (Å²) in [5.41, 5.74) is 0.585. The van der Waals surface area contributed by atoms with Gasteiger partial charge in [0.25, 0.3) is 5.91 Å². The Labute approximate surface area is 150 Å². The van der Waals surface area contributed by atoms with E-state index in [1.807, 2.05) is 0 Å². The summed E-state index contributed by atoms with van der Waals surface area (Å²) in [4.78, 5) is 26.7. The highest BCUT2D eigenvalue weighted by atomic mass is 35.5. The molecule has 25 heavy (non-hydrogen) atoms. The maximum atomic E-state index is 13.7. The zero-order chi connectivity index (χ0) is 17.8. The Morgan fingerprint density at radius 3 is 2.60 bits per heavy atom. The van der Waals surface area contributed by atoms with E-state index < -0.39 is 5.82 Å². The van der Waals surface area contributed by atoms with Gasteiger partial charge in [0, 0.05) is 13.1 Å². The lowest BCUT2D eigenvalue weighted by Crippen LogP contribution is -2.43. The number of para-hydroxylation sites is 1. The van der Waals surface area contributed by atoms with Crippen molar-refractivity contribution < 1.29 is 14.0 Å². The fraction of sp³-hybridized carbons (Fsp3) is 0.263. The van der Waals surface area contributed by atoms with Crippen molar-refractivity contribution in [3.8, 4) is 0 Å². The minimum absolute atomic E-state index is 0.155. The molecule has 0 saturated carbocycles. The second-order valence-corrected chi connectivity index (χ2v) is 6.45. The minimum atomic E-state index is -0.476. The summed E-state index contributed by atoms with van der Waals surface area (Å²) in [6.07, 6.45) is 1.37. The zero-order valence-electron chi connectivity index (χ0n) is 13.5. The highest BCUT2D eigenvalue weighted by Crippen LogP contribution is 2.23. The summed E-state index contributed by atoms with van der Waals surface area (Å²) in [6.45, 7) is 0.873. The number of amides is 2. The molecule has 2 aromatic carbocycles. The van der Waals surface area contributed by atoms with Crippen molar-refractivity contribution in [2.24, 2.45) is 5.92 Å². The number of benzene rings is 2. The van der Waals surface area contributed by atoms with Crippen LogP contribution in [0, 0.1) is 11.7 Å². The average Bonchev–Trinajstić information content (AvgIpc) is 2.63. The summed E-state index contributed by atoms with van der Waals surface area (Å²) in [5.74, 6) is -1.31. The first-order valence-electron chi connectivity index (χ1n) is 8.15. The number of carbonyl (C=O) groups excluding carboxylic acids is 2. The molecule has 0 bridgehead atoms. The second kappa shape index (κ2) is 7.66. The third kappa shape index (κ3) is 3.99. The molecule has 0 spiro atoms. The first-order chi connectivity index (χ1) is 12.1. The smallest absolute Gasteiger partial charge is 0.255 e. The predicted octanol–water partition coefficient (Wildman–Crippen LogP) is 3.97. The topological polar surface area (TPSA) is 49.4 Å². The third-order valence-corrected chi connectivity index (χ3v) is 4.64. The zero-order valence-corrected chi connectivity index (χ0v) is 14.3. The van der Waals surface area contributed by atoms with Gasteiger partial charge < -0.3 is 10.2 Å². The normalized spacial score (nSPS) is 17.2. The maximum absolute atomic E-state index is 13.7. The fourth-order valence-corrected chi connectivity index (χ4v) is 3.19. The molecule has 4 nitrogen and oxygen atoms in total. The monoisotopic (exact) mass is 360 g/mol. The predicted molar refractivity (Wildman–Crippen MR) is 95.1 cm³/mol. The molecule has 2 amide bonds. The van der Waals surface area contributed by atoms with Gasteiger partial charge in [0.15, 0.2) is 0 Å². The van der Waals surface area contributed by atoms with E-state index in [1.54, 1.807) is 41.3 Å². The van der Waals surface area contributed by atoms with Crippen LogP contribution in [0.4, 0.5) is 10.1 Å². The van der Waals surface area contributed by atoms with Crippen LogP contribution < -0.4 is 5.32 Å². The van der Waals surface area contributed by atoms with Gasteiger partial charge >= 0.3 is 0 Å². The highest BCUT2D eigenvalue weighted by molar-refractivity contribution is 6.33. The van der Waals surface area contributed by atoms with E-state index >= 15 is 0 Å². The van der Waals surface area contributed by atoms with Crippen LogP contribution in [0.2, 0.25) is 5.02 Å². The molecule has 6 heteroatoms. The van der Waals surface area contributed by atoms with E-state index in [0.29, 0.717) is 36.5 Å². The Morgan fingerprint density at radius 2 is 1.84 bits per heavy atom. The van der Waals surface area contributed by atoms with Crippen molar-refractivity contribution >= 4 is 29.1 Å². The lowest BCUT2D eigenvalue weighted by molar-refractivity contribution is -0.121. The van der Waals surface area contributed by atoms with Crippen molar-refractivity contribution in [1.82, 2.24) is 4.90 Å². The van der Waals surface area contributed by atoms with Gasteiger partial charge in [0.2, 0.25) is 5.91 Å². The Morgan fingerprint density at radius 1 is 1.12 bits per heavy atom. The lowest BCUT2D eigenvalue weighted by Gasteiger charge is -2.32. The van der Waals surface area contributed by atoms with E-state index in [-0.39, 0.29) is 23.4 Å². The first-order valence-corrected chi connectivity index (χ1v) is 8.53. The molecule has 1 N–H and O–H groups in total. The molecule has 1 fully saturated rings. The average molecular weight is 361 g/mol. The molecule has 1 aliphatic rings. The van der Waals surface area contributed by atoms with E-state index in [0.717, 1.165) is 0 Å². The van der Waals surface area contributed by atoms with Crippen LogP contribution in [0.5, 0.6) is 0 Å². The molecule has 130 valence electrons. The van der Waals surface area contributed by atoms with Crippen LogP contribution in [-0.2, 0) is 4.79 Å². The van der Waals surface area contributed by atoms with E-state index in [9.17, 15) is 14.0 Å². The van der Waals surface area contributed by atoms with Crippen LogP contribution in [0.3, 0.4) is 0 Å². The maximum Gasteiger partial charge on any atom is 0.255 e. The number of carbonyl (C=O) groups is 2. The van der Waals surface area contributed by atoms with E-state index in [1.165, 1.54) is 12.1 Å². The van der Waals surface area contributed by atoms with Crippen LogP contribution in [0.1, 0.15) is 23.2 Å². The lowest BCUT2D eigenvalue weighted by atomic mass is 9.96. The Balaban J connectivity index is 1.69. The molecule has 1 saturated heterocycles. The Bertz CT molecular complexity index is 796. The molecule has 0 aromatic heterocycles. The highest BCUT2D eigenvalue weighted by Gasteiger charge is 2.29. The van der Waals surface area contributed by atoms with Crippen LogP contribution in [-0.4, -0.2) is 29.8 Å². The number of rotatable bonds is 3. The van der Waals surface area contributed by atoms with Gasteiger partial charge in [-0.25, -0.2) is 4.39 Å². The van der Waals surface area contributed by atoms with Gasteiger partial charge in [-0.05, 0) is 37.1 Å². The molecule has 1 unspecified atom stereocenters. The minimum Gasteiger partial charge on any atom is -0.338 e. The third-order valence-electron chi connectivity index (χ3n) is 4.32. The molecular weight excluding hydrogens is 343 g/mol. The molecular formula is C19H18ClFN2O2. The summed E-state index contributed by atoms with van der Waals surface area (Å²) in [6, 6.07) is 12.9. The summed E-state index contributed by atoms with van der Waals surface area (Å²) in [5, 5.41) is 3.01. The van der Waals surface area contributed by atoms with Gasteiger partial charge in [0.1, 0.15) is 5.82 Å². The molecule has 0 radical (unpaired) electrons. The van der Waals surface area contributed by atoms with Crippen molar-refractivity contribution in [2.45, 2.75) is 12.8 Å². The van der Waals surface area contributed by atoms with Gasteiger partial charge in [-0.3, -0.25) is 9.59 Å². The molecule has 0 aliphatic carbocycles. The van der Waals surface area contributed by atoms with Crippen LogP contribution in [0.15, 0.2) is 48.5 Å². The molecule has 1 atom stereocenters. The number of likely N-dealkylation sites (tertiary alicyclic amines) is 1. The summed E-state index contributed by atoms with van der Waals surface area (Å²) < 4.78 is 13.7. The van der Waals surface area contributed by atoms with E-state index in [4.69, 9.17) is 11.6 Å². The number of hydrogen-bond donors (Lipinski definition) is 1. The van der Waals surface area contributed by atoms with Crippen molar-refractivity contribution in [3.63, 3.8) is 0 Å². The van der Waals surface area contributed by atoms with Gasteiger partial charge in [-0.1, -0.05) is 35.9 Å². The quantitative estimate of drug-likeness (QED) is 0.900. The van der Waals surface area contributed by atoms with E-state index in [2.05, 4.69) is 5.32 Å². The number of nitrogens with one attached hydrogen (secondary N) is 1. The van der Waals surface area contributed by atoms with Crippen LogP contribution >= 0.6 is 11.6 Å².